The number of nitrogens with zero attached hydrogens (tertiary/aromatic N) is 1. The summed E-state index contributed by atoms with van der Waals surface area (Å²) in [6, 6.07) is 5.45. The minimum absolute atomic E-state index is 0. The van der Waals surface area contributed by atoms with Crippen molar-refractivity contribution in [2.75, 3.05) is 32.1 Å². The number of ether oxygens (including phenoxy) is 1. The molecule has 0 aliphatic carbocycles. The Bertz CT molecular complexity index is 485. The van der Waals surface area contributed by atoms with Crippen LogP contribution in [0.3, 0.4) is 0 Å². The first-order valence-corrected chi connectivity index (χ1v) is 7.09. The Morgan fingerprint density at radius 3 is 3.00 bits per heavy atom. The number of carbonyl (C=O) groups excluding carboxylic acids is 1. The number of likely N-dealkylation sites (tertiary alicyclic amines) is 1. The molecule has 1 heterocycles. The molecule has 0 bridgehead atoms. The lowest BCUT2D eigenvalue weighted by Crippen LogP contribution is -2.40. The molecule has 7 heteroatoms. The molecule has 1 aromatic rings. The molecule has 0 spiro atoms. The average Bonchev–Trinajstić information content (AvgIpc) is 2.86. The van der Waals surface area contributed by atoms with Gasteiger partial charge in [0, 0.05) is 17.6 Å². The number of nitrogens with one attached hydrogen (secondary N) is 1. The highest BCUT2D eigenvalue weighted by Crippen LogP contribution is 2.27. The largest absolute Gasteiger partial charge is 0.495 e. The Morgan fingerprint density at radius 1 is 1.57 bits per heavy atom. The summed E-state index contributed by atoms with van der Waals surface area (Å²) in [6.07, 6.45) is 2.15. The lowest BCUT2D eigenvalue weighted by Gasteiger charge is -2.22. The lowest BCUT2D eigenvalue weighted by atomic mass is 10.2. The molecule has 5 nitrogen and oxygen atoms in total. The maximum absolute atomic E-state index is 12.1. The summed E-state index contributed by atoms with van der Waals surface area (Å²) in [5, 5.41) is 3.40. The van der Waals surface area contributed by atoms with Crippen molar-refractivity contribution in [1.82, 2.24) is 4.90 Å². The number of hydrogen-bond donors (Lipinski definition) is 2. The summed E-state index contributed by atoms with van der Waals surface area (Å²) in [7, 11) is 1.56. The van der Waals surface area contributed by atoms with Gasteiger partial charge in [0.1, 0.15) is 5.75 Å². The summed E-state index contributed by atoms with van der Waals surface area (Å²) in [5.74, 6) is 0.519. The molecule has 1 aromatic carbocycles. The molecule has 1 aliphatic heterocycles. The van der Waals surface area contributed by atoms with Gasteiger partial charge in [0.2, 0.25) is 5.91 Å². The quantitative estimate of drug-likeness (QED) is 0.866. The number of methoxy groups -OCH3 is 1. The van der Waals surface area contributed by atoms with Gasteiger partial charge < -0.3 is 15.8 Å². The van der Waals surface area contributed by atoms with Crippen LogP contribution in [0, 0.1) is 0 Å². The van der Waals surface area contributed by atoms with Gasteiger partial charge >= 0.3 is 0 Å². The molecule has 1 aliphatic rings. The summed E-state index contributed by atoms with van der Waals surface area (Å²) in [6.45, 7) is 1.85. The van der Waals surface area contributed by atoms with E-state index in [1.165, 1.54) is 0 Å². The number of halogens is 2. The molecule has 1 atom stereocenters. The first kappa shape index (κ1) is 18.0. The molecule has 2 rings (SSSR count). The van der Waals surface area contributed by atoms with Crippen LogP contribution in [0.1, 0.15) is 12.8 Å². The van der Waals surface area contributed by atoms with Gasteiger partial charge in [0.15, 0.2) is 0 Å². The van der Waals surface area contributed by atoms with Gasteiger partial charge in [-0.1, -0.05) is 11.6 Å². The molecule has 0 aromatic heterocycles. The number of rotatable bonds is 5. The SMILES string of the molecule is COc1ccc(Cl)cc1NC(=O)CN1CCCC1CN.Cl. The molecule has 1 saturated heterocycles. The van der Waals surface area contributed by atoms with Crippen LogP contribution in [0.15, 0.2) is 18.2 Å². The third-order valence-corrected chi connectivity index (χ3v) is 3.79. The van der Waals surface area contributed by atoms with E-state index in [-0.39, 0.29) is 18.3 Å². The van der Waals surface area contributed by atoms with Gasteiger partial charge in [0.05, 0.1) is 19.3 Å². The zero-order valence-corrected chi connectivity index (χ0v) is 13.5. The second kappa shape index (κ2) is 8.44. The maximum Gasteiger partial charge on any atom is 0.238 e. The van der Waals surface area contributed by atoms with Crippen LogP contribution in [0.4, 0.5) is 5.69 Å². The lowest BCUT2D eigenvalue weighted by molar-refractivity contribution is -0.117. The highest BCUT2D eigenvalue weighted by atomic mass is 35.5. The first-order chi connectivity index (χ1) is 9.63. The fraction of sp³-hybridized carbons (Fsp3) is 0.500. The van der Waals surface area contributed by atoms with E-state index in [1.807, 2.05) is 0 Å². The van der Waals surface area contributed by atoms with Crippen LogP contribution in [0.5, 0.6) is 5.75 Å². The van der Waals surface area contributed by atoms with E-state index >= 15 is 0 Å². The van der Waals surface area contributed by atoms with E-state index in [2.05, 4.69) is 10.2 Å². The smallest absolute Gasteiger partial charge is 0.238 e. The summed E-state index contributed by atoms with van der Waals surface area (Å²) >= 11 is 5.94. The van der Waals surface area contributed by atoms with E-state index in [9.17, 15) is 4.79 Å². The monoisotopic (exact) mass is 333 g/mol. The van der Waals surface area contributed by atoms with Gasteiger partial charge in [-0.05, 0) is 37.6 Å². The van der Waals surface area contributed by atoms with Crippen LogP contribution in [0.25, 0.3) is 0 Å². The average molecular weight is 334 g/mol. The minimum atomic E-state index is -0.0779. The highest BCUT2D eigenvalue weighted by molar-refractivity contribution is 6.31. The van der Waals surface area contributed by atoms with Crippen molar-refractivity contribution in [2.24, 2.45) is 5.73 Å². The Hall–Kier alpha value is -1.01. The maximum atomic E-state index is 12.1. The Balaban J connectivity index is 0.00000220. The normalized spacial score (nSPS) is 18.1. The Kier molecular flexibility index (Phi) is 7.25. The van der Waals surface area contributed by atoms with Crippen LogP contribution in [-0.2, 0) is 4.79 Å². The fourth-order valence-corrected chi connectivity index (χ4v) is 2.69. The number of carbonyl (C=O) groups is 1. The summed E-state index contributed by atoms with van der Waals surface area (Å²) in [4.78, 5) is 14.2. The van der Waals surface area contributed by atoms with Crippen LogP contribution in [0.2, 0.25) is 5.02 Å². The molecular formula is C14H21Cl2N3O2. The topological polar surface area (TPSA) is 67.6 Å². The van der Waals surface area contributed by atoms with Crippen molar-refractivity contribution in [3.05, 3.63) is 23.2 Å². The summed E-state index contributed by atoms with van der Waals surface area (Å²) < 4.78 is 5.21. The number of hydrogen-bond acceptors (Lipinski definition) is 4. The molecule has 0 saturated carbocycles. The van der Waals surface area contributed by atoms with Crippen LogP contribution in [-0.4, -0.2) is 43.6 Å². The van der Waals surface area contributed by atoms with Gasteiger partial charge in [-0.2, -0.15) is 0 Å². The molecule has 1 fully saturated rings. The zero-order chi connectivity index (χ0) is 14.5. The second-order valence-electron chi connectivity index (χ2n) is 4.90. The first-order valence-electron chi connectivity index (χ1n) is 6.71. The molecular weight excluding hydrogens is 313 g/mol. The molecule has 3 N–H and O–H groups in total. The predicted molar refractivity (Wildman–Crippen MR) is 87.5 cm³/mol. The van der Waals surface area contributed by atoms with E-state index in [0.29, 0.717) is 35.6 Å². The molecule has 1 amide bonds. The number of benzene rings is 1. The third kappa shape index (κ3) is 4.74. The minimum Gasteiger partial charge on any atom is -0.495 e. The Labute approximate surface area is 136 Å². The second-order valence-corrected chi connectivity index (χ2v) is 5.33. The van der Waals surface area contributed by atoms with Crippen molar-refractivity contribution >= 4 is 35.6 Å². The van der Waals surface area contributed by atoms with E-state index in [4.69, 9.17) is 22.1 Å². The van der Waals surface area contributed by atoms with Gasteiger partial charge in [-0.3, -0.25) is 9.69 Å². The summed E-state index contributed by atoms with van der Waals surface area (Å²) in [5.41, 5.74) is 6.30. The van der Waals surface area contributed by atoms with Crippen LogP contribution >= 0.6 is 24.0 Å². The van der Waals surface area contributed by atoms with E-state index < -0.39 is 0 Å². The van der Waals surface area contributed by atoms with Crippen molar-refractivity contribution in [1.29, 1.82) is 0 Å². The highest BCUT2D eigenvalue weighted by Gasteiger charge is 2.25. The van der Waals surface area contributed by atoms with Gasteiger partial charge in [-0.15, -0.1) is 12.4 Å². The van der Waals surface area contributed by atoms with Gasteiger partial charge in [-0.25, -0.2) is 0 Å². The van der Waals surface area contributed by atoms with Crippen molar-refractivity contribution < 1.29 is 9.53 Å². The van der Waals surface area contributed by atoms with Gasteiger partial charge in [0.25, 0.3) is 0 Å². The number of nitrogens with two attached hydrogens (primary N) is 1. The molecule has 1 unspecified atom stereocenters. The molecule has 0 radical (unpaired) electrons. The fourth-order valence-electron chi connectivity index (χ4n) is 2.52. The van der Waals surface area contributed by atoms with Crippen molar-refractivity contribution in [3.63, 3.8) is 0 Å². The molecule has 21 heavy (non-hydrogen) atoms. The standard InChI is InChI=1S/C14H20ClN3O2.ClH/c1-20-13-5-4-10(15)7-12(13)17-14(19)9-18-6-2-3-11(18)8-16;/h4-5,7,11H,2-3,6,8-9,16H2,1H3,(H,17,19);1H. The third-order valence-electron chi connectivity index (χ3n) is 3.55. The Morgan fingerprint density at radius 2 is 2.33 bits per heavy atom. The molecule has 118 valence electrons. The predicted octanol–water partition coefficient (Wildman–Crippen LogP) is 2.13. The zero-order valence-electron chi connectivity index (χ0n) is 12.0. The van der Waals surface area contributed by atoms with Crippen LogP contribution < -0.4 is 15.8 Å². The number of anilines is 1. The van der Waals surface area contributed by atoms with E-state index in [1.54, 1.807) is 25.3 Å². The van der Waals surface area contributed by atoms with Crippen molar-refractivity contribution in [2.45, 2.75) is 18.9 Å². The van der Waals surface area contributed by atoms with E-state index in [0.717, 1.165) is 19.4 Å². The number of amides is 1. The van der Waals surface area contributed by atoms with Crippen molar-refractivity contribution in [3.8, 4) is 5.75 Å².